The fourth-order valence-corrected chi connectivity index (χ4v) is 3.34. The molecule has 1 atom stereocenters. The van der Waals surface area contributed by atoms with Gasteiger partial charge < -0.3 is 4.90 Å². The van der Waals surface area contributed by atoms with Crippen LogP contribution in [-0.4, -0.2) is 28.4 Å². The second kappa shape index (κ2) is 5.75. The van der Waals surface area contributed by atoms with E-state index < -0.39 is 0 Å². The molecule has 1 aromatic heterocycles. The number of hydrogen-bond donors (Lipinski definition) is 0. The van der Waals surface area contributed by atoms with Gasteiger partial charge in [-0.1, -0.05) is 31.9 Å². The van der Waals surface area contributed by atoms with Gasteiger partial charge in [0, 0.05) is 12.1 Å². The molecule has 3 nitrogen and oxygen atoms in total. The van der Waals surface area contributed by atoms with Gasteiger partial charge in [-0.15, -0.1) is 11.3 Å². The Morgan fingerprint density at radius 1 is 1.50 bits per heavy atom. The van der Waals surface area contributed by atoms with Crippen molar-refractivity contribution in [2.75, 3.05) is 6.54 Å². The number of amides is 1. The maximum atomic E-state index is 12.7. The van der Waals surface area contributed by atoms with E-state index in [1.807, 2.05) is 28.6 Å². The lowest BCUT2D eigenvalue weighted by molar-refractivity contribution is 0.0744. The minimum absolute atomic E-state index is 0.131. The first-order chi connectivity index (χ1) is 9.79. The average molecular weight is 286 g/mol. The largest absolute Gasteiger partial charge is 0.328 e. The lowest BCUT2D eigenvalue weighted by atomic mass is 10.1. The summed E-state index contributed by atoms with van der Waals surface area (Å²) in [5, 5.41) is 0. The number of fused-ring (bicyclic) bond motifs is 1. The van der Waals surface area contributed by atoms with Crippen LogP contribution in [0.3, 0.4) is 0 Å². The summed E-state index contributed by atoms with van der Waals surface area (Å²) in [6, 6.07) is 6.05. The maximum absolute atomic E-state index is 12.7. The monoisotopic (exact) mass is 286 g/mol. The van der Waals surface area contributed by atoms with E-state index >= 15 is 0 Å². The second-order valence-corrected chi connectivity index (χ2v) is 6.02. The number of carbonyl (C=O) groups excluding carboxylic acids is 1. The molecule has 2 aromatic rings. The van der Waals surface area contributed by atoms with Crippen molar-refractivity contribution in [3.63, 3.8) is 0 Å². The lowest BCUT2D eigenvalue weighted by Crippen LogP contribution is -2.36. The predicted molar refractivity (Wildman–Crippen MR) is 83.1 cm³/mol. The Hall–Kier alpha value is -1.68. The summed E-state index contributed by atoms with van der Waals surface area (Å²) < 4.78 is 1.08. The fourth-order valence-electron chi connectivity index (χ4n) is 2.62. The molecule has 1 aromatic carbocycles. The highest BCUT2D eigenvalue weighted by Crippen LogP contribution is 2.23. The van der Waals surface area contributed by atoms with Crippen LogP contribution in [-0.2, 0) is 0 Å². The molecule has 0 spiro atoms. The van der Waals surface area contributed by atoms with Crippen molar-refractivity contribution in [3.8, 4) is 0 Å². The molecule has 104 valence electrons. The van der Waals surface area contributed by atoms with Gasteiger partial charge in [0.1, 0.15) is 0 Å². The summed E-state index contributed by atoms with van der Waals surface area (Å²) in [7, 11) is 0. The van der Waals surface area contributed by atoms with Crippen molar-refractivity contribution >= 4 is 27.5 Å². The highest BCUT2D eigenvalue weighted by Gasteiger charge is 2.25. The Labute approximate surface area is 122 Å². The molecule has 2 heterocycles. The topological polar surface area (TPSA) is 33.2 Å². The Bertz CT molecular complexity index is 647. The zero-order chi connectivity index (χ0) is 13.9. The second-order valence-electron chi connectivity index (χ2n) is 5.13. The molecule has 0 bridgehead atoms. The van der Waals surface area contributed by atoms with E-state index in [2.05, 4.69) is 24.1 Å². The first kappa shape index (κ1) is 13.3. The van der Waals surface area contributed by atoms with Gasteiger partial charge in [-0.25, -0.2) is 4.98 Å². The summed E-state index contributed by atoms with van der Waals surface area (Å²) in [5.74, 6) is 0.131. The number of nitrogens with zero attached hydrogens (tertiary/aromatic N) is 2. The third-order valence-electron chi connectivity index (χ3n) is 3.75. The minimum atomic E-state index is 0.131. The van der Waals surface area contributed by atoms with Gasteiger partial charge in [-0.3, -0.25) is 4.79 Å². The van der Waals surface area contributed by atoms with Crippen LogP contribution in [0.15, 0.2) is 35.9 Å². The van der Waals surface area contributed by atoms with E-state index in [0.29, 0.717) is 0 Å². The molecule has 0 saturated heterocycles. The Morgan fingerprint density at radius 3 is 3.25 bits per heavy atom. The normalized spacial score (nSPS) is 18.1. The van der Waals surface area contributed by atoms with Crippen molar-refractivity contribution in [2.45, 2.75) is 32.2 Å². The van der Waals surface area contributed by atoms with Gasteiger partial charge in [-0.2, -0.15) is 0 Å². The van der Waals surface area contributed by atoms with Crippen LogP contribution in [0.4, 0.5) is 0 Å². The predicted octanol–water partition coefficient (Wildman–Crippen LogP) is 3.87. The number of benzene rings is 1. The van der Waals surface area contributed by atoms with Gasteiger partial charge in [0.2, 0.25) is 0 Å². The highest BCUT2D eigenvalue weighted by molar-refractivity contribution is 7.16. The summed E-state index contributed by atoms with van der Waals surface area (Å²) in [6.45, 7) is 2.91. The third kappa shape index (κ3) is 2.48. The van der Waals surface area contributed by atoms with Crippen molar-refractivity contribution in [2.24, 2.45) is 0 Å². The smallest absolute Gasteiger partial charge is 0.254 e. The molecule has 4 heteroatoms. The molecule has 20 heavy (non-hydrogen) atoms. The van der Waals surface area contributed by atoms with Gasteiger partial charge in [0.05, 0.1) is 21.8 Å². The van der Waals surface area contributed by atoms with E-state index in [9.17, 15) is 4.79 Å². The molecule has 0 aliphatic carbocycles. The summed E-state index contributed by atoms with van der Waals surface area (Å²) in [6.07, 6.45) is 7.65. The number of carbonyl (C=O) groups is 1. The number of unbranched alkanes of at least 4 members (excludes halogenated alkanes) is 1. The molecular weight excluding hydrogens is 268 g/mol. The van der Waals surface area contributed by atoms with Crippen LogP contribution in [0.2, 0.25) is 0 Å². The van der Waals surface area contributed by atoms with Crippen molar-refractivity contribution in [1.29, 1.82) is 0 Å². The van der Waals surface area contributed by atoms with Crippen molar-refractivity contribution in [3.05, 3.63) is 41.4 Å². The Morgan fingerprint density at radius 2 is 2.40 bits per heavy atom. The molecule has 0 unspecified atom stereocenters. The highest BCUT2D eigenvalue weighted by atomic mass is 32.1. The zero-order valence-corrected chi connectivity index (χ0v) is 12.4. The molecule has 0 fully saturated rings. The van der Waals surface area contributed by atoms with E-state index in [0.717, 1.165) is 35.2 Å². The van der Waals surface area contributed by atoms with Gasteiger partial charge >= 0.3 is 0 Å². The quantitative estimate of drug-likeness (QED) is 0.799. The van der Waals surface area contributed by atoms with E-state index in [1.54, 1.807) is 11.3 Å². The van der Waals surface area contributed by atoms with E-state index in [1.165, 1.54) is 6.42 Å². The van der Waals surface area contributed by atoms with Crippen LogP contribution in [0, 0.1) is 0 Å². The minimum Gasteiger partial charge on any atom is -0.328 e. The molecular formula is C16H18N2OS. The first-order valence-corrected chi connectivity index (χ1v) is 7.98. The summed E-state index contributed by atoms with van der Waals surface area (Å²) in [4.78, 5) is 18.9. The standard InChI is InChI=1S/C16H18N2OS/c1-2-3-5-13-6-4-9-18(13)16(19)12-7-8-14-15(10-12)20-11-17-14/h4,6-8,10-11,13H,2-3,5,9H2,1H3/t13-/m1/s1. The third-order valence-corrected chi connectivity index (χ3v) is 4.54. The molecule has 3 rings (SSSR count). The maximum Gasteiger partial charge on any atom is 0.254 e. The van der Waals surface area contributed by atoms with Crippen molar-refractivity contribution < 1.29 is 4.79 Å². The number of rotatable bonds is 4. The zero-order valence-electron chi connectivity index (χ0n) is 11.6. The molecule has 1 aliphatic heterocycles. The number of hydrogen-bond acceptors (Lipinski definition) is 3. The van der Waals surface area contributed by atoms with Crippen LogP contribution in [0.5, 0.6) is 0 Å². The van der Waals surface area contributed by atoms with Crippen LogP contribution in [0.1, 0.15) is 36.5 Å². The average Bonchev–Trinajstić information content (AvgIpc) is 3.12. The SMILES string of the molecule is CCCC[C@@H]1C=CCN1C(=O)c1ccc2ncsc2c1. The van der Waals surface area contributed by atoms with Crippen LogP contribution < -0.4 is 0 Å². The van der Waals surface area contributed by atoms with E-state index in [-0.39, 0.29) is 11.9 Å². The van der Waals surface area contributed by atoms with E-state index in [4.69, 9.17) is 0 Å². The Balaban J connectivity index is 1.80. The molecule has 1 amide bonds. The van der Waals surface area contributed by atoms with Gasteiger partial charge in [0.15, 0.2) is 0 Å². The summed E-state index contributed by atoms with van der Waals surface area (Å²) in [5.41, 5.74) is 3.56. The molecule has 1 aliphatic rings. The fraction of sp³-hybridized carbons (Fsp3) is 0.375. The van der Waals surface area contributed by atoms with Gasteiger partial charge in [0.25, 0.3) is 5.91 Å². The molecule has 0 N–H and O–H groups in total. The lowest BCUT2D eigenvalue weighted by Gasteiger charge is -2.24. The Kier molecular flexibility index (Phi) is 3.83. The van der Waals surface area contributed by atoms with Crippen LogP contribution >= 0.6 is 11.3 Å². The number of thiazole rings is 1. The van der Waals surface area contributed by atoms with Crippen LogP contribution in [0.25, 0.3) is 10.2 Å². The van der Waals surface area contributed by atoms with Gasteiger partial charge in [-0.05, 0) is 24.6 Å². The molecule has 0 radical (unpaired) electrons. The first-order valence-electron chi connectivity index (χ1n) is 7.10. The van der Waals surface area contributed by atoms with Crippen molar-refractivity contribution in [1.82, 2.24) is 9.88 Å². The number of aromatic nitrogens is 1. The summed E-state index contributed by atoms with van der Waals surface area (Å²) >= 11 is 1.58. The molecule has 0 saturated carbocycles.